The summed E-state index contributed by atoms with van der Waals surface area (Å²) in [6, 6.07) is 15.9. The molecule has 1 N–H and O–H groups in total. The topological polar surface area (TPSA) is 84.1 Å². The summed E-state index contributed by atoms with van der Waals surface area (Å²) in [5.41, 5.74) is 7.06. The number of amides is 1. The lowest BCUT2D eigenvalue weighted by Crippen LogP contribution is -2.33. The number of alkyl halides is 1. The van der Waals surface area contributed by atoms with Crippen molar-refractivity contribution >= 4 is 44.5 Å². The first-order valence-electron chi connectivity index (χ1n) is 13.9. The summed E-state index contributed by atoms with van der Waals surface area (Å²) in [6.45, 7) is 13.5. The minimum atomic E-state index is -0.782. The zero-order chi connectivity index (χ0) is 29.9. The van der Waals surface area contributed by atoms with Crippen LogP contribution in [-0.2, 0) is 9.53 Å². The fraction of sp³-hybridized carbons (Fsp3) is 0.364. The first kappa shape index (κ1) is 30.3. The Bertz CT molecular complexity index is 1630. The number of nitrogens with zero attached hydrogens (tertiary/aromatic N) is 2. The molecule has 0 bridgehead atoms. The Labute approximate surface area is 250 Å². The van der Waals surface area contributed by atoms with Crippen LogP contribution in [0.1, 0.15) is 49.2 Å². The van der Waals surface area contributed by atoms with Gasteiger partial charge in [0, 0.05) is 60.0 Å². The number of hydrogen-bond acceptors (Lipinski definition) is 6. The maximum atomic E-state index is 13.8. The van der Waals surface area contributed by atoms with Gasteiger partial charge in [0.1, 0.15) is 22.3 Å². The van der Waals surface area contributed by atoms with E-state index in [1.807, 2.05) is 50.2 Å². The second kappa shape index (κ2) is 12.5. The van der Waals surface area contributed by atoms with E-state index in [-0.39, 0.29) is 25.0 Å². The first-order valence-corrected chi connectivity index (χ1v) is 14.7. The van der Waals surface area contributed by atoms with Gasteiger partial charge in [-0.25, -0.2) is 0 Å². The largest absolute Gasteiger partial charge is 0.463 e. The third kappa shape index (κ3) is 6.48. The molecule has 0 fully saturated rings. The highest BCUT2D eigenvalue weighted by Crippen LogP contribution is 2.43. The van der Waals surface area contributed by atoms with Gasteiger partial charge in [-0.15, -0.1) is 0 Å². The molecule has 216 valence electrons. The van der Waals surface area contributed by atoms with E-state index in [1.165, 1.54) is 0 Å². The molecule has 2 aromatic carbocycles. The molecule has 0 saturated carbocycles. The van der Waals surface area contributed by atoms with Crippen molar-refractivity contribution in [3.05, 3.63) is 70.6 Å². The van der Waals surface area contributed by atoms with Gasteiger partial charge in [-0.05, 0) is 76.4 Å². The Hall–Kier alpha value is -3.65. The van der Waals surface area contributed by atoms with Gasteiger partial charge in [-0.2, -0.15) is 0 Å². The number of rotatable bonds is 9. The molecule has 7 nitrogen and oxygen atoms in total. The number of carbonyl (C=O) groups is 2. The van der Waals surface area contributed by atoms with Gasteiger partial charge in [0.2, 0.25) is 0 Å². The summed E-state index contributed by atoms with van der Waals surface area (Å²) in [5.74, 6) is 0.172. The second-order valence-electron chi connectivity index (χ2n) is 10.7. The van der Waals surface area contributed by atoms with Crippen molar-refractivity contribution in [3.63, 3.8) is 0 Å². The highest BCUT2D eigenvalue weighted by Gasteiger charge is 2.27. The van der Waals surface area contributed by atoms with E-state index in [4.69, 9.17) is 9.15 Å². The number of halogens is 1. The molecule has 41 heavy (non-hydrogen) atoms. The predicted molar refractivity (Wildman–Crippen MR) is 169 cm³/mol. The zero-order valence-corrected chi connectivity index (χ0v) is 26.4. The molecule has 4 rings (SSSR count). The minimum Gasteiger partial charge on any atom is -0.463 e. The van der Waals surface area contributed by atoms with E-state index in [2.05, 4.69) is 52.2 Å². The molecule has 0 saturated heterocycles. The maximum Gasteiger partial charge on any atom is 0.322 e. The number of nitrogens with one attached hydrogen (secondary N) is 1. The molecule has 0 aromatic heterocycles. The van der Waals surface area contributed by atoms with Crippen molar-refractivity contribution in [1.82, 2.24) is 4.90 Å². The lowest BCUT2D eigenvalue weighted by molar-refractivity contribution is -0.145. The van der Waals surface area contributed by atoms with Crippen LogP contribution in [0.5, 0.6) is 0 Å². The van der Waals surface area contributed by atoms with Crippen LogP contribution in [0.25, 0.3) is 33.4 Å². The fourth-order valence-corrected chi connectivity index (χ4v) is 4.96. The van der Waals surface area contributed by atoms with Gasteiger partial charge < -0.3 is 19.4 Å². The standard InChI is InChI=1S/C33H38BrN3O4/c1-8-35-26-18-28-24(16-20(26)3)30(25-17-21(4)27(36-9-2)19-29(25)41-28)22-12-10-11-13-23(22)31(38)37(7)14-15-40-32(39)33(5,6)34/h10-13,16-19,35H,8-9,14-15H2,1-7H3. The summed E-state index contributed by atoms with van der Waals surface area (Å²) in [5, 5.41) is 5.23. The van der Waals surface area contributed by atoms with E-state index >= 15 is 0 Å². The minimum absolute atomic E-state index is 0.101. The Kier molecular flexibility index (Phi) is 9.22. The number of carbonyl (C=O) groups excluding carboxylic acids is 2. The van der Waals surface area contributed by atoms with E-state index in [9.17, 15) is 9.59 Å². The van der Waals surface area contributed by atoms with Crippen LogP contribution in [0.2, 0.25) is 0 Å². The molecule has 0 atom stereocenters. The third-order valence-corrected chi connectivity index (χ3v) is 7.32. The SMILES string of the molecule is CCN=c1cc2oc3cc(NCC)c(C)cc3c(-c3ccccc3C(=O)N(C)CCOC(=O)C(C)(C)Br)c-2cc1C. The van der Waals surface area contributed by atoms with Crippen molar-refractivity contribution in [2.45, 2.75) is 45.9 Å². The molecular weight excluding hydrogens is 582 g/mol. The summed E-state index contributed by atoms with van der Waals surface area (Å²) in [4.78, 5) is 32.2. The van der Waals surface area contributed by atoms with Crippen LogP contribution in [0.3, 0.4) is 0 Å². The lowest BCUT2D eigenvalue weighted by Gasteiger charge is -2.23. The number of ether oxygens (including phenoxy) is 1. The highest BCUT2D eigenvalue weighted by molar-refractivity contribution is 9.10. The van der Waals surface area contributed by atoms with Crippen LogP contribution in [0, 0.1) is 13.8 Å². The zero-order valence-electron chi connectivity index (χ0n) is 24.9. The number of esters is 1. The normalized spacial score (nSPS) is 12.1. The molecule has 2 aliphatic rings. The fourth-order valence-electron chi connectivity index (χ4n) is 4.84. The maximum absolute atomic E-state index is 13.8. The predicted octanol–water partition coefficient (Wildman–Crippen LogP) is 6.96. The summed E-state index contributed by atoms with van der Waals surface area (Å²) >= 11 is 3.32. The van der Waals surface area contributed by atoms with Crippen molar-refractivity contribution < 1.29 is 18.7 Å². The smallest absolute Gasteiger partial charge is 0.322 e. The Morgan fingerprint density at radius 2 is 1.78 bits per heavy atom. The Balaban J connectivity index is 1.88. The second-order valence-corrected chi connectivity index (χ2v) is 12.6. The van der Waals surface area contributed by atoms with Gasteiger partial charge in [0.15, 0.2) is 0 Å². The van der Waals surface area contributed by atoms with E-state index in [0.717, 1.165) is 56.4 Å². The van der Waals surface area contributed by atoms with Crippen molar-refractivity contribution in [3.8, 4) is 22.5 Å². The molecule has 0 unspecified atom stereocenters. The highest BCUT2D eigenvalue weighted by atomic mass is 79.9. The number of aryl methyl sites for hydroxylation is 2. The first-order chi connectivity index (χ1) is 19.5. The number of benzene rings is 3. The summed E-state index contributed by atoms with van der Waals surface area (Å²) in [6.07, 6.45) is 0. The van der Waals surface area contributed by atoms with Crippen molar-refractivity contribution in [1.29, 1.82) is 0 Å². The van der Waals surface area contributed by atoms with E-state index in [1.54, 1.807) is 25.8 Å². The van der Waals surface area contributed by atoms with Gasteiger partial charge in [-0.3, -0.25) is 14.6 Å². The van der Waals surface area contributed by atoms with Crippen molar-refractivity contribution in [2.24, 2.45) is 4.99 Å². The molecule has 0 spiro atoms. The molecule has 1 amide bonds. The van der Waals surface area contributed by atoms with E-state index < -0.39 is 4.32 Å². The Morgan fingerprint density at radius 3 is 2.46 bits per heavy atom. The quantitative estimate of drug-likeness (QED) is 0.124. The monoisotopic (exact) mass is 619 g/mol. The molecule has 1 aliphatic heterocycles. The van der Waals surface area contributed by atoms with Crippen LogP contribution < -0.4 is 10.7 Å². The number of anilines is 1. The molecular formula is C33H38BrN3O4. The molecule has 1 aliphatic carbocycles. The number of fused-ring (bicyclic) bond motifs is 2. The average molecular weight is 621 g/mol. The van der Waals surface area contributed by atoms with Crippen molar-refractivity contribution in [2.75, 3.05) is 38.6 Å². The van der Waals surface area contributed by atoms with Crippen LogP contribution in [-0.4, -0.2) is 54.4 Å². The Morgan fingerprint density at radius 1 is 1.05 bits per heavy atom. The summed E-state index contributed by atoms with van der Waals surface area (Å²) in [7, 11) is 1.72. The molecule has 2 aromatic rings. The number of hydrogen-bond donors (Lipinski definition) is 1. The molecule has 8 heteroatoms. The van der Waals surface area contributed by atoms with E-state index in [0.29, 0.717) is 17.9 Å². The van der Waals surface area contributed by atoms with Gasteiger partial charge >= 0.3 is 5.97 Å². The molecule has 0 radical (unpaired) electrons. The van der Waals surface area contributed by atoms with Crippen LogP contribution >= 0.6 is 15.9 Å². The average Bonchev–Trinajstić information content (AvgIpc) is 2.92. The third-order valence-electron chi connectivity index (χ3n) is 7.00. The summed E-state index contributed by atoms with van der Waals surface area (Å²) < 4.78 is 11.1. The number of likely N-dealkylation sites (N-methyl/N-ethyl adjacent to an activating group) is 1. The molecule has 1 heterocycles. The lowest BCUT2D eigenvalue weighted by atomic mass is 9.89. The van der Waals surface area contributed by atoms with Crippen LogP contribution in [0.15, 0.2) is 57.9 Å². The van der Waals surface area contributed by atoms with Gasteiger partial charge in [0.05, 0.1) is 11.9 Å². The van der Waals surface area contributed by atoms with Gasteiger partial charge in [-0.1, -0.05) is 34.1 Å². The van der Waals surface area contributed by atoms with Gasteiger partial charge in [0.25, 0.3) is 5.91 Å². The van der Waals surface area contributed by atoms with Crippen LogP contribution in [0.4, 0.5) is 5.69 Å².